The zero-order valence-corrected chi connectivity index (χ0v) is 11.0. The van der Waals surface area contributed by atoms with Gasteiger partial charge in [0.05, 0.1) is 36.0 Å². The van der Waals surface area contributed by atoms with Gasteiger partial charge in [-0.15, -0.1) is 0 Å². The summed E-state index contributed by atoms with van der Waals surface area (Å²) in [4.78, 5) is 20.2. The van der Waals surface area contributed by atoms with Crippen molar-refractivity contribution in [2.45, 2.75) is 0 Å². The first-order chi connectivity index (χ1) is 9.83. The number of rotatable bonds is 3. The van der Waals surface area contributed by atoms with Crippen LogP contribution in [0.15, 0.2) is 48.9 Å². The van der Waals surface area contributed by atoms with Gasteiger partial charge in [0, 0.05) is 5.56 Å². The molecule has 2 heterocycles. The van der Waals surface area contributed by atoms with Gasteiger partial charge in [-0.2, -0.15) is 8.75 Å². The second-order valence-electron chi connectivity index (χ2n) is 3.91. The van der Waals surface area contributed by atoms with Crippen molar-refractivity contribution in [3.63, 3.8) is 0 Å². The van der Waals surface area contributed by atoms with Gasteiger partial charge in [-0.3, -0.25) is 4.79 Å². The maximum atomic E-state index is 11.8. The highest BCUT2D eigenvalue weighted by Crippen LogP contribution is 2.15. The van der Waals surface area contributed by atoms with E-state index in [1.165, 1.54) is 6.20 Å². The van der Waals surface area contributed by atoms with E-state index in [4.69, 9.17) is 0 Å². The molecule has 3 aromatic rings. The molecule has 0 aliphatic rings. The molecule has 2 aromatic heterocycles. The van der Waals surface area contributed by atoms with Gasteiger partial charge >= 0.3 is 0 Å². The predicted octanol–water partition coefficient (Wildman–Crippen LogP) is 2.25. The molecule has 7 heteroatoms. The first-order valence-electron chi connectivity index (χ1n) is 5.79. The molecule has 6 nitrogen and oxygen atoms in total. The number of aromatic nitrogens is 4. The molecule has 1 N–H and O–H groups in total. The zero-order chi connectivity index (χ0) is 13.8. The number of nitrogens with one attached hydrogen (secondary N) is 1. The normalized spacial score (nSPS) is 10.2. The van der Waals surface area contributed by atoms with Crippen LogP contribution in [0.4, 0.5) is 5.69 Å². The summed E-state index contributed by atoms with van der Waals surface area (Å²) >= 11 is 0.986. The van der Waals surface area contributed by atoms with E-state index in [0.29, 0.717) is 11.5 Å². The maximum Gasteiger partial charge on any atom is 0.277 e. The van der Waals surface area contributed by atoms with Gasteiger partial charge in [0.1, 0.15) is 0 Å². The topological polar surface area (TPSA) is 80.7 Å². The molecule has 0 radical (unpaired) electrons. The lowest BCUT2D eigenvalue weighted by atomic mass is 10.2. The highest BCUT2D eigenvalue weighted by atomic mass is 32.1. The minimum absolute atomic E-state index is 0.280. The number of nitrogens with zero attached hydrogens (tertiary/aromatic N) is 4. The van der Waals surface area contributed by atoms with Crippen LogP contribution in [0.1, 0.15) is 10.5 Å². The molecule has 98 valence electrons. The predicted molar refractivity (Wildman–Crippen MR) is 75.3 cm³/mol. The average molecular weight is 283 g/mol. The number of hydrogen-bond acceptors (Lipinski definition) is 6. The lowest BCUT2D eigenvalue weighted by molar-refractivity contribution is 0.102. The van der Waals surface area contributed by atoms with Gasteiger partial charge < -0.3 is 5.32 Å². The number of hydrogen-bond donors (Lipinski definition) is 1. The van der Waals surface area contributed by atoms with E-state index in [-0.39, 0.29) is 11.6 Å². The van der Waals surface area contributed by atoms with Crippen LogP contribution in [0.5, 0.6) is 0 Å². The van der Waals surface area contributed by atoms with E-state index < -0.39 is 0 Å². The molecule has 3 rings (SSSR count). The van der Waals surface area contributed by atoms with Crippen LogP contribution in [-0.4, -0.2) is 24.6 Å². The Labute approximate surface area is 118 Å². The second kappa shape index (κ2) is 5.54. The minimum Gasteiger partial charge on any atom is -0.318 e. The Hall–Kier alpha value is -2.67. The van der Waals surface area contributed by atoms with Crippen molar-refractivity contribution in [1.29, 1.82) is 0 Å². The van der Waals surface area contributed by atoms with Crippen molar-refractivity contribution in [1.82, 2.24) is 18.7 Å². The van der Waals surface area contributed by atoms with E-state index in [2.05, 4.69) is 24.0 Å². The van der Waals surface area contributed by atoms with Crippen molar-refractivity contribution in [2.75, 3.05) is 5.32 Å². The quantitative estimate of drug-likeness (QED) is 0.797. The lowest BCUT2D eigenvalue weighted by Crippen LogP contribution is -2.12. The van der Waals surface area contributed by atoms with Gasteiger partial charge in [0.2, 0.25) is 0 Å². The molecule has 0 spiro atoms. The van der Waals surface area contributed by atoms with Crippen molar-refractivity contribution < 1.29 is 4.79 Å². The van der Waals surface area contributed by atoms with Crippen molar-refractivity contribution in [3.05, 3.63) is 54.6 Å². The monoisotopic (exact) mass is 283 g/mol. The first-order valence-corrected chi connectivity index (χ1v) is 6.52. The van der Waals surface area contributed by atoms with Gasteiger partial charge in [-0.05, 0) is 0 Å². The number of benzene rings is 1. The Bertz CT molecular complexity index is 697. The molecule has 0 bridgehead atoms. The second-order valence-corrected chi connectivity index (χ2v) is 4.46. The Morgan fingerprint density at radius 1 is 1.05 bits per heavy atom. The average Bonchev–Trinajstić information content (AvgIpc) is 3.03. The summed E-state index contributed by atoms with van der Waals surface area (Å²) in [5.74, 6) is 0.286. The fourth-order valence-corrected chi connectivity index (χ4v) is 2.00. The smallest absolute Gasteiger partial charge is 0.277 e. The SMILES string of the molecule is O=C(Nc1cnc(-c2ccccc2)nc1)c1cnsn1. The molecular formula is C13H9N5OS. The lowest BCUT2D eigenvalue weighted by Gasteiger charge is -2.03. The Kier molecular flexibility index (Phi) is 3.42. The van der Waals surface area contributed by atoms with E-state index in [9.17, 15) is 4.79 Å². The molecule has 20 heavy (non-hydrogen) atoms. The molecule has 0 saturated carbocycles. The first kappa shape index (κ1) is 12.4. The number of carbonyl (C=O) groups is 1. The van der Waals surface area contributed by atoms with Crippen LogP contribution in [-0.2, 0) is 0 Å². The fourth-order valence-electron chi connectivity index (χ4n) is 1.59. The highest BCUT2D eigenvalue weighted by molar-refractivity contribution is 6.99. The molecule has 0 unspecified atom stereocenters. The summed E-state index contributed by atoms with van der Waals surface area (Å²) in [6.45, 7) is 0. The Balaban J connectivity index is 1.75. The van der Waals surface area contributed by atoms with Crippen LogP contribution in [0.25, 0.3) is 11.4 Å². The van der Waals surface area contributed by atoms with Crippen LogP contribution in [0.3, 0.4) is 0 Å². The van der Waals surface area contributed by atoms with Gasteiger partial charge in [0.15, 0.2) is 11.5 Å². The Morgan fingerprint density at radius 2 is 1.80 bits per heavy atom. The zero-order valence-electron chi connectivity index (χ0n) is 10.2. The molecule has 1 aromatic carbocycles. The van der Waals surface area contributed by atoms with E-state index in [1.807, 2.05) is 30.3 Å². The highest BCUT2D eigenvalue weighted by Gasteiger charge is 2.09. The molecular weight excluding hydrogens is 274 g/mol. The summed E-state index contributed by atoms with van der Waals surface area (Å²) in [7, 11) is 0. The number of amides is 1. The van der Waals surface area contributed by atoms with Crippen LogP contribution in [0.2, 0.25) is 0 Å². The molecule has 1 amide bonds. The summed E-state index contributed by atoms with van der Waals surface area (Å²) in [6.07, 6.45) is 4.54. The van der Waals surface area contributed by atoms with Gasteiger partial charge in [-0.1, -0.05) is 30.3 Å². The molecule has 0 aliphatic heterocycles. The molecule has 0 fully saturated rings. The Morgan fingerprint density at radius 3 is 2.45 bits per heavy atom. The van der Waals surface area contributed by atoms with Crippen LogP contribution < -0.4 is 5.32 Å². The molecule has 0 atom stereocenters. The summed E-state index contributed by atoms with van der Waals surface area (Å²) in [5.41, 5.74) is 1.72. The number of anilines is 1. The van der Waals surface area contributed by atoms with E-state index in [1.54, 1.807) is 12.4 Å². The molecule has 0 aliphatic carbocycles. The fraction of sp³-hybridized carbons (Fsp3) is 0. The summed E-state index contributed by atoms with van der Waals surface area (Å²) in [5, 5.41) is 2.66. The maximum absolute atomic E-state index is 11.8. The van der Waals surface area contributed by atoms with Crippen LogP contribution in [0, 0.1) is 0 Å². The van der Waals surface area contributed by atoms with Gasteiger partial charge in [0.25, 0.3) is 5.91 Å². The third-order valence-corrected chi connectivity index (χ3v) is 3.01. The van der Waals surface area contributed by atoms with E-state index >= 15 is 0 Å². The van der Waals surface area contributed by atoms with Crippen LogP contribution >= 0.6 is 11.7 Å². The van der Waals surface area contributed by atoms with E-state index in [0.717, 1.165) is 17.3 Å². The minimum atomic E-state index is -0.324. The third kappa shape index (κ3) is 2.67. The summed E-state index contributed by atoms with van der Waals surface area (Å²) < 4.78 is 7.63. The van der Waals surface area contributed by atoms with Crippen molar-refractivity contribution in [3.8, 4) is 11.4 Å². The third-order valence-electron chi connectivity index (χ3n) is 2.54. The summed E-state index contributed by atoms with van der Waals surface area (Å²) in [6, 6.07) is 9.62. The molecule has 0 saturated heterocycles. The largest absolute Gasteiger partial charge is 0.318 e. The van der Waals surface area contributed by atoms with Crippen molar-refractivity contribution in [2.24, 2.45) is 0 Å². The van der Waals surface area contributed by atoms with Crippen molar-refractivity contribution >= 4 is 23.3 Å². The standard InChI is InChI=1S/C13H9N5OS/c19-13(11-8-16-20-18-11)17-10-6-14-12(15-7-10)9-4-2-1-3-5-9/h1-8H,(H,17,19). The van der Waals surface area contributed by atoms with Gasteiger partial charge in [-0.25, -0.2) is 9.97 Å². The number of carbonyl (C=O) groups excluding carboxylic acids is 1.